The maximum Gasteiger partial charge on any atom is 0.152 e. The van der Waals surface area contributed by atoms with Crippen molar-refractivity contribution in [2.45, 2.75) is 25.8 Å². The van der Waals surface area contributed by atoms with E-state index in [1.54, 1.807) is 21.0 Å². The predicted octanol–water partition coefficient (Wildman–Crippen LogP) is 1.86. The molecular weight excluding hydrogens is 341 g/mol. The van der Waals surface area contributed by atoms with Crippen LogP contribution >= 0.6 is 23.6 Å². The summed E-state index contributed by atoms with van der Waals surface area (Å²) in [5.41, 5.74) is -0.591. The van der Waals surface area contributed by atoms with Crippen LogP contribution in [0, 0.1) is 0 Å². The van der Waals surface area contributed by atoms with Crippen LogP contribution < -0.4 is 0 Å². The van der Waals surface area contributed by atoms with Gasteiger partial charge in [0.2, 0.25) is 0 Å². The van der Waals surface area contributed by atoms with Gasteiger partial charge in [-0.2, -0.15) is 0 Å². The number of halogens is 2. The first-order chi connectivity index (χ1) is 9.71. The van der Waals surface area contributed by atoms with Crippen molar-refractivity contribution in [3.8, 4) is 0 Å². The lowest BCUT2D eigenvalue weighted by Gasteiger charge is -2.27. The van der Waals surface area contributed by atoms with E-state index in [4.69, 9.17) is 37.8 Å². The Hall–Kier alpha value is 0.370. The van der Waals surface area contributed by atoms with Gasteiger partial charge in [-0.25, -0.2) is 8.42 Å². The van der Waals surface area contributed by atoms with E-state index < -0.39 is 15.4 Å². The SMILES string of the molecule is COCCOCCOCCS(=O)(=O)CCC(C)(C)N(Cl)Cl. The molecule has 0 radical (unpaired) electrons. The van der Waals surface area contributed by atoms with Crippen molar-refractivity contribution in [3.63, 3.8) is 0 Å². The summed E-state index contributed by atoms with van der Waals surface area (Å²) in [6, 6.07) is 0. The van der Waals surface area contributed by atoms with Crippen LogP contribution in [0.25, 0.3) is 0 Å². The number of hydrogen-bond acceptors (Lipinski definition) is 6. The molecule has 0 bridgehead atoms. The average molecular weight is 366 g/mol. The summed E-state index contributed by atoms with van der Waals surface area (Å²) in [6.45, 7) is 5.52. The monoisotopic (exact) mass is 365 g/mol. The van der Waals surface area contributed by atoms with Crippen molar-refractivity contribution < 1.29 is 22.6 Å². The lowest BCUT2D eigenvalue weighted by molar-refractivity contribution is 0.0284. The van der Waals surface area contributed by atoms with E-state index in [1.807, 2.05) is 0 Å². The molecule has 0 aromatic rings. The largest absolute Gasteiger partial charge is 0.382 e. The minimum atomic E-state index is -3.18. The summed E-state index contributed by atoms with van der Waals surface area (Å²) < 4.78 is 39.9. The van der Waals surface area contributed by atoms with E-state index >= 15 is 0 Å². The zero-order valence-corrected chi connectivity index (χ0v) is 15.1. The Morgan fingerprint density at radius 1 is 0.952 bits per heavy atom. The Morgan fingerprint density at radius 2 is 1.48 bits per heavy atom. The maximum absolute atomic E-state index is 11.8. The molecule has 128 valence electrons. The van der Waals surface area contributed by atoms with Crippen molar-refractivity contribution in [2.75, 3.05) is 51.6 Å². The molecule has 0 aromatic carbocycles. The van der Waals surface area contributed by atoms with Gasteiger partial charge in [0.05, 0.1) is 44.5 Å². The second kappa shape index (κ2) is 11.0. The molecule has 0 aromatic heterocycles. The second-order valence-corrected chi connectivity index (χ2v) is 8.32. The quantitative estimate of drug-likeness (QED) is 0.366. The third-order valence-electron chi connectivity index (χ3n) is 2.82. The summed E-state index contributed by atoms with van der Waals surface area (Å²) in [5.74, 6) is -0.00460. The smallest absolute Gasteiger partial charge is 0.152 e. The molecule has 6 nitrogen and oxygen atoms in total. The standard InChI is InChI=1S/C12H25Cl2NO5S/c1-12(2,15(13)14)4-10-21(16,17)11-9-20-8-7-19-6-5-18-3/h4-11H2,1-3H3. The van der Waals surface area contributed by atoms with Gasteiger partial charge < -0.3 is 14.2 Å². The lowest BCUT2D eigenvalue weighted by atomic mass is 10.0. The fourth-order valence-corrected chi connectivity index (χ4v) is 2.80. The van der Waals surface area contributed by atoms with E-state index in [0.29, 0.717) is 32.8 Å². The molecule has 0 amide bonds. The van der Waals surface area contributed by atoms with Gasteiger partial charge in [-0.15, -0.1) is 3.94 Å². The topological polar surface area (TPSA) is 65.1 Å². The van der Waals surface area contributed by atoms with Gasteiger partial charge in [0.15, 0.2) is 9.84 Å². The number of ether oxygens (including phenoxy) is 3. The highest BCUT2D eigenvalue weighted by Crippen LogP contribution is 2.24. The van der Waals surface area contributed by atoms with Gasteiger partial charge >= 0.3 is 0 Å². The van der Waals surface area contributed by atoms with E-state index in [-0.39, 0.29) is 18.1 Å². The zero-order valence-electron chi connectivity index (χ0n) is 12.8. The molecule has 0 rings (SSSR count). The van der Waals surface area contributed by atoms with Crippen molar-refractivity contribution in [1.29, 1.82) is 0 Å². The molecule has 0 saturated heterocycles. The van der Waals surface area contributed by atoms with E-state index in [9.17, 15) is 8.42 Å². The van der Waals surface area contributed by atoms with Crippen molar-refractivity contribution in [3.05, 3.63) is 0 Å². The number of sulfone groups is 1. The number of methoxy groups -OCH3 is 1. The third-order valence-corrected chi connectivity index (χ3v) is 5.35. The van der Waals surface area contributed by atoms with Crippen LogP contribution in [0.4, 0.5) is 0 Å². The van der Waals surface area contributed by atoms with Gasteiger partial charge in [0, 0.05) is 12.6 Å². The minimum Gasteiger partial charge on any atom is -0.382 e. The predicted molar refractivity (Wildman–Crippen MR) is 84.4 cm³/mol. The Bertz CT molecular complexity index is 363. The van der Waals surface area contributed by atoms with Crippen LogP contribution in [0.3, 0.4) is 0 Å². The zero-order chi connectivity index (χ0) is 16.4. The molecule has 0 aliphatic heterocycles. The Labute approximate surface area is 137 Å². The Balaban J connectivity index is 3.74. The van der Waals surface area contributed by atoms with Crippen LogP contribution in [0.2, 0.25) is 0 Å². The first-order valence-corrected chi connectivity index (χ1v) is 9.18. The van der Waals surface area contributed by atoms with Gasteiger partial charge in [-0.3, -0.25) is 0 Å². The molecule has 0 fully saturated rings. The fourth-order valence-electron chi connectivity index (χ4n) is 1.24. The van der Waals surface area contributed by atoms with Crippen molar-refractivity contribution in [1.82, 2.24) is 3.94 Å². The summed E-state index contributed by atoms with van der Waals surface area (Å²) in [6.07, 6.45) is 0.350. The number of hydrogen-bond donors (Lipinski definition) is 0. The minimum absolute atomic E-state index is 0.0175. The Morgan fingerprint density at radius 3 is 2.00 bits per heavy atom. The van der Waals surface area contributed by atoms with Gasteiger partial charge in [-0.1, -0.05) is 0 Å². The van der Waals surface area contributed by atoms with Gasteiger partial charge in [0.25, 0.3) is 0 Å². The van der Waals surface area contributed by atoms with Crippen LogP contribution in [0.5, 0.6) is 0 Å². The number of nitrogens with zero attached hydrogens (tertiary/aromatic N) is 1. The first-order valence-electron chi connectivity index (χ1n) is 6.68. The molecular formula is C12H25Cl2NO5S. The molecule has 0 saturated carbocycles. The summed E-state index contributed by atoms with van der Waals surface area (Å²) in [4.78, 5) is 0. The molecule has 0 heterocycles. The van der Waals surface area contributed by atoms with Crippen LogP contribution in [-0.4, -0.2) is 69.5 Å². The van der Waals surface area contributed by atoms with Crippen LogP contribution in [0.15, 0.2) is 0 Å². The van der Waals surface area contributed by atoms with E-state index in [0.717, 1.165) is 3.94 Å². The normalized spacial score (nSPS) is 13.0. The Kier molecular flexibility index (Phi) is 11.2. The molecule has 9 heteroatoms. The van der Waals surface area contributed by atoms with E-state index in [1.165, 1.54) is 0 Å². The van der Waals surface area contributed by atoms with E-state index in [2.05, 4.69) is 0 Å². The van der Waals surface area contributed by atoms with Crippen LogP contribution in [-0.2, 0) is 24.0 Å². The number of rotatable bonds is 13. The summed E-state index contributed by atoms with van der Waals surface area (Å²) in [7, 11) is -1.58. The molecule has 0 aliphatic carbocycles. The lowest BCUT2D eigenvalue weighted by Crippen LogP contribution is -2.34. The fraction of sp³-hybridized carbons (Fsp3) is 1.00. The third kappa shape index (κ3) is 11.6. The highest BCUT2D eigenvalue weighted by atomic mass is 35.5. The van der Waals surface area contributed by atoms with Crippen molar-refractivity contribution >= 4 is 33.4 Å². The first kappa shape index (κ1) is 21.4. The molecule has 21 heavy (non-hydrogen) atoms. The molecule has 0 atom stereocenters. The second-order valence-electron chi connectivity index (χ2n) is 5.16. The molecule has 0 N–H and O–H groups in total. The molecule has 0 unspecified atom stereocenters. The molecule has 0 spiro atoms. The van der Waals surface area contributed by atoms with Gasteiger partial charge in [-0.05, 0) is 43.8 Å². The highest BCUT2D eigenvalue weighted by Gasteiger charge is 2.26. The summed E-state index contributed by atoms with van der Waals surface area (Å²) >= 11 is 11.3. The van der Waals surface area contributed by atoms with Crippen LogP contribution in [0.1, 0.15) is 20.3 Å². The molecule has 0 aliphatic rings. The van der Waals surface area contributed by atoms with Crippen molar-refractivity contribution in [2.24, 2.45) is 0 Å². The maximum atomic E-state index is 11.8. The van der Waals surface area contributed by atoms with Gasteiger partial charge in [0.1, 0.15) is 0 Å². The average Bonchev–Trinajstić information content (AvgIpc) is 2.40. The highest BCUT2D eigenvalue weighted by molar-refractivity contribution is 7.91. The summed E-state index contributed by atoms with van der Waals surface area (Å²) in [5, 5.41) is 0.